The fraction of sp³-hybridized carbons (Fsp3) is 0.182. The van der Waals surface area contributed by atoms with Crippen molar-refractivity contribution in [2.45, 2.75) is 13.8 Å². The highest BCUT2D eigenvalue weighted by atomic mass is 35.5. The summed E-state index contributed by atoms with van der Waals surface area (Å²) in [6.45, 7) is 3.88. The number of aromatic nitrogens is 1. The Balaban J connectivity index is 3.02. The van der Waals surface area contributed by atoms with Crippen LogP contribution < -0.4 is 5.56 Å². The van der Waals surface area contributed by atoms with E-state index in [-0.39, 0.29) is 5.56 Å². The third-order valence-corrected chi connectivity index (χ3v) is 2.73. The average Bonchev–Trinajstić information content (AvgIpc) is 2.14. The van der Waals surface area contributed by atoms with E-state index in [1.807, 2.05) is 19.9 Å². The van der Waals surface area contributed by atoms with E-state index in [0.29, 0.717) is 10.4 Å². The Kier molecular flexibility index (Phi) is 2.08. The lowest BCUT2D eigenvalue weighted by Gasteiger charge is -2.04. The molecule has 3 heteroatoms. The summed E-state index contributed by atoms with van der Waals surface area (Å²) >= 11 is 5.83. The monoisotopic (exact) mass is 207 g/mol. The minimum atomic E-state index is -0.0781. The van der Waals surface area contributed by atoms with Crippen LogP contribution in [-0.2, 0) is 0 Å². The highest BCUT2D eigenvalue weighted by Gasteiger charge is 2.04. The van der Waals surface area contributed by atoms with Gasteiger partial charge in [0.1, 0.15) is 0 Å². The summed E-state index contributed by atoms with van der Waals surface area (Å²) in [5.74, 6) is 0. The van der Waals surface area contributed by atoms with Crippen molar-refractivity contribution in [3.8, 4) is 0 Å². The zero-order chi connectivity index (χ0) is 10.3. The number of hydrogen-bond donors (Lipinski definition) is 1. The van der Waals surface area contributed by atoms with E-state index >= 15 is 0 Å². The molecule has 0 radical (unpaired) electrons. The summed E-state index contributed by atoms with van der Waals surface area (Å²) in [6, 6.07) is 5.38. The van der Waals surface area contributed by atoms with Gasteiger partial charge in [-0.1, -0.05) is 17.7 Å². The molecule has 2 rings (SSSR count). The number of hydrogen-bond acceptors (Lipinski definition) is 1. The second kappa shape index (κ2) is 3.14. The van der Waals surface area contributed by atoms with Crippen molar-refractivity contribution in [1.82, 2.24) is 4.98 Å². The van der Waals surface area contributed by atoms with Crippen LogP contribution in [0.15, 0.2) is 23.0 Å². The van der Waals surface area contributed by atoms with Gasteiger partial charge in [0.2, 0.25) is 0 Å². The Morgan fingerprint density at radius 3 is 2.64 bits per heavy atom. The van der Waals surface area contributed by atoms with E-state index in [1.54, 1.807) is 12.1 Å². The van der Waals surface area contributed by atoms with E-state index in [0.717, 1.165) is 16.6 Å². The van der Waals surface area contributed by atoms with Gasteiger partial charge in [-0.3, -0.25) is 4.79 Å². The van der Waals surface area contributed by atoms with Gasteiger partial charge in [-0.15, -0.1) is 0 Å². The zero-order valence-corrected chi connectivity index (χ0v) is 8.77. The van der Waals surface area contributed by atoms with Gasteiger partial charge in [-0.25, -0.2) is 0 Å². The van der Waals surface area contributed by atoms with E-state index < -0.39 is 0 Å². The van der Waals surface area contributed by atoms with E-state index in [2.05, 4.69) is 4.98 Å². The van der Waals surface area contributed by atoms with Crippen molar-refractivity contribution in [3.05, 3.63) is 44.8 Å². The summed E-state index contributed by atoms with van der Waals surface area (Å²) in [5, 5.41) is 2.21. The summed E-state index contributed by atoms with van der Waals surface area (Å²) in [7, 11) is 0. The zero-order valence-electron chi connectivity index (χ0n) is 8.02. The van der Waals surface area contributed by atoms with Crippen LogP contribution >= 0.6 is 11.6 Å². The number of pyridine rings is 1. The summed E-state index contributed by atoms with van der Waals surface area (Å²) in [6.07, 6.45) is 0. The van der Waals surface area contributed by atoms with Crippen molar-refractivity contribution in [2.24, 2.45) is 0 Å². The van der Waals surface area contributed by atoms with Crippen LogP contribution in [0.1, 0.15) is 11.3 Å². The summed E-state index contributed by atoms with van der Waals surface area (Å²) < 4.78 is 0. The molecule has 0 spiro atoms. The SMILES string of the molecule is Cc1[nH]c(=O)c2cc(Cl)ccc2c1C. The number of H-pyrrole nitrogens is 1. The van der Waals surface area contributed by atoms with Gasteiger partial charge in [-0.2, -0.15) is 0 Å². The molecule has 1 aromatic heterocycles. The Morgan fingerprint density at radius 2 is 1.93 bits per heavy atom. The van der Waals surface area contributed by atoms with Crippen LogP contribution in [-0.4, -0.2) is 4.98 Å². The fourth-order valence-electron chi connectivity index (χ4n) is 1.56. The van der Waals surface area contributed by atoms with Gasteiger partial charge >= 0.3 is 0 Å². The molecule has 0 atom stereocenters. The van der Waals surface area contributed by atoms with Crippen LogP contribution in [0.3, 0.4) is 0 Å². The molecule has 0 fully saturated rings. The van der Waals surface area contributed by atoms with Crippen molar-refractivity contribution in [3.63, 3.8) is 0 Å². The van der Waals surface area contributed by atoms with Gasteiger partial charge in [-0.05, 0) is 36.9 Å². The van der Waals surface area contributed by atoms with Crippen LogP contribution in [0.25, 0.3) is 10.8 Å². The van der Waals surface area contributed by atoms with E-state index in [4.69, 9.17) is 11.6 Å². The summed E-state index contributed by atoms with van der Waals surface area (Å²) in [4.78, 5) is 14.4. The number of aromatic amines is 1. The van der Waals surface area contributed by atoms with Crippen molar-refractivity contribution in [1.29, 1.82) is 0 Å². The molecule has 0 saturated carbocycles. The Bertz CT molecular complexity index is 557. The maximum Gasteiger partial charge on any atom is 0.256 e. The van der Waals surface area contributed by atoms with Gasteiger partial charge in [0, 0.05) is 16.1 Å². The molecule has 1 N–H and O–H groups in total. The standard InChI is InChI=1S/C11H10ClNO/c1-6-7(2)13-11(14)10-5-8(12)3-4-9(6)10/h3-5H,1-2H3,(H,13,14). The topological polar surface area (TPSA) is 32.9 Å². The molecule has 0 aliphatic carbocycles. The number of aryl methyl sites for hydroxylation is 2. The van der Waals surface area contributed by atoms with E-state index in [9.17, 15) is 4.79 Å². The molecule has 0 saturated heterocycles. The molecular weight excluding hydrogens is 198 g/mol. The third kappa shape index (κ3) is 1.32. The highest BCUT2D eigenvalue weighted by molar-refractivity contribution is 6.31. The molecule has 0 unspecified atom stereocenters. The lowest BCUT2D eigenvalue weighted by atomic mass is 10.1. The second-order valence-corrected chi connectivity index (χ2v) is 3.83. The minimum Gasteiger partial charge on any atom is -0.326 e. The van der Waals surface area contributed by atoms with Crippen molar-refractivity contribution >= 4 is 22.4 Å². The average molecular weight is 208 g/mol. The van der Waals surface area contributed by atoms with Crippen LogP contribution in [0.2, 0.25) is 5.02 Å². The number of rotatable bonds is 0. The molecule has 0 bridgehead atoms. The number of halogens is 1. The molecule has 1 heterocycles. The molecule has 1 aromatic carbocycles. The highest BCUT2D eigenvalue weighted by Crippen LogP contribution is 2.20. The number of fused-ring (bicyclic) bond motifs is 1. The Hall–Kier alpha value is -1.28. The van der Waals surface area contributed by atoms with Crippen LogP contribution in [0, 0.1) is 13.8 Å². The van der Waals surface area contributed by atoms with Gasteiger partial charge in [0.25, 0.3) is 5.56 Å². The predicted octanol–water partition coefficient (Wildman–Crippen LogP) is 2.80. The van der Waals surface area contributed by atoms with Gasteiger partial charge < -0.3 is 4.98 Å². The number of benzene rings is 1. The maximum atomic E-state index is 11.6. The fourth-order valence-corrected chi connectivity index (χ4v) is 1.74. The number of nitrogens with one attached hydrogen (secondary N) is 1. The van der Waals surface area contributed by atoms with Crippen LogP contribution in [0.5, 0.6) is 0 Å². The quantitative estimate of drug-likeness (QED) is 0.708. The minimum absolute atomic E-state index is 0.0781. The molecule has 2 aromatic rings. The first-order valence-corrected chi connectivity index (χ1v) is 4.76. The molecule has 0 aliphatic rings. The molecule has 0 aliphatic heterocycles. The first-order chi connectivity index (χ1) is 6.59. The second-order valence-electron chi connectivity index (χ2n) is 3.39. The molecule has 14 heavy (non-hydrogen) atoms. The van der Waals surface area contributed by atoms with E-state index in [1.165, 1.54) is 0 Å². The van der Waals surface area contributed by atoms with Gasteiger partial charge in [0.15, 0.2) is 0 Å². The van der Waals surface area contributed by atoms with Crippen molar-refractivity contribution < 1.29 is 0 Å². The molecular formula is C11H10ClNO. The predicted molar refractivity (Wildman–Crippen MR) is 59.1 cm³/mol. The molecule has 72 valence electrons. The third-order valence-electron chi connectivity index (χ3n) is 2.49. The van der Waals surface area contributed by atoms with Gasteiger partial charge in [0.05, 0.1) is 0 Å². The van der Waals surface area contributed by atoms with Crippen LogP contribution in [0.4, 0.5) is 0 Å². The lowest BCUT2D eigenvalue weighted by Crippen LogP contribution is -2.09. The van der Waals surface area contributed by atoms with Crippen molar-refractivity contribution in [2.75, 3.05) is 0 Å². The molecule has 2 nitrogen and oxygen atoms in total. The normalized spacial score (nSPS) is 10.8. The Morgan fingerprint density at radius 1 is 1.21 bits per heavy atom. The molecule has 0 amide bonds. The summed E-state index contributed by atoms with van der Waals surface area (Å²) in [5.41, 5.74) is 1.92. The first-order valence-electron chi connectivity index (χ1n) is 4.38. The maximum absolute atomic E-state index is 11.6. The Labute approximate surface area is 86.5 Å². The lowest BCUT2D eigenvalue weighted by molar-refractivity contribution is 1.13. The largest absolute Gasteiger partial charge is 0.326 e. The first kappa shape index (κ1) is 9.28. The smallest absolute Gasteiger partial charge is 0.256 e.